The van der Waals surface area contributed by atoms with Crippen LogP contribution in [0.1, 0.15) is 44.1 Å². The minimum atomic E-state index is 0.777. The van der Waals surface area contributed by atoms with E-state index in [0.29, 0.717) is 0 Å². The van der Waals surface area contributed by atoms with Gasteiger partial charge in [0.1, 0.15) is 0 Å². The largest absolute Gasteiger partial charge is 0.270 e. The molecular weight excluding hydrogens is 172 g/mol. The van der Waals surface area contributed by atoms with Gasteiger partial charge in [-0.3, -0.25) is 4.68 Å². The normalized spacial score (nSPS) is 11.3. The molecular formula is C12H22N2. The summed E-state index contributed by atoms with van der Waals surface area (Å²) in [7, 11) is 0. The second-order valence-corrected chi connectivity index (χ2v) is 4.40. The highest BCUT2D eigenvalue weighted by atomic mass is 15.3. The Bertz CT molecular complexity index is 298. The smallest absolute Gasteiger partial charge is 0.0628 e. The Hall–Kier alpha value is -0.790. The van der Waals surface area contributed by atoms with Crippen molar-refractivity contribution in [3.8, 4) is 0 Å². The van der Waals surface area contributed by atoms with Crippen molar-refractivity contribution in [2.24, 2.45) is 5.92 Å². The first-order valence-electron chi connectivity index (χ1n) is 5.59. The lowest BCUT2D eigenvalue weighted by Crippen LogP contribution is -2.00. The van der Waals surface area contributed by atoms with Crippen molar-refractivity contribution in [1.29, 1.82) is 0 Å². The second-order valence-electron chi connectivity index (χ2n) is 4.40. The van der Waals surface area contributed by atoms with Crippen LogP contribution in [-0.4, -0.2) is 9.78 Å². The Labute approximate surface area is 87.3 Å². The van der Waals surface area contributed by atoms with Crippen molar-refractivity contribution in [3.63, 3.8) is 0 Å². The molecule has 1 aromatic heterocycles. The number of nitrogens with zero attached hydrogens (tertiary/aromatic N) is 2. The van der Waals surface area contributed by atoms with Gasteiger partial charge in [-0.2, -0.15) is 5.10 Å². The van der Waals surface area contributed by atoms with E-state index in [1.54, 1.807) is 0 Å². The lowest BCUT2D eigenvalue weighted by atomic mass is 10.0. The van der Waals surface area contributed by atoms with E-state index < -0.39 is 0 Å². The number of hydrogen-bond donors (Lipinski definition) is 0. The summed E-state index contributed by atoms with van der Waals surface area (Å²) in [5.74, 6) is 0.777. The first-order chi connectivity index (χ1) is 6.56. The molecule has 1 rings (SSSR count). The molecule has 0 spiro atoms. The third-order valence-corrected chi connectivity index (χ3v) is 2.80. The quantitative estimate of drug-likeness (QED) is 0.720. The van der Waals surface area contributed by atoms with Gasteiger partial charge in [-0.05, 0) is 45.1 Å². The van der Waals surface area contributed by atoms with E-state index in [9.17, 15) is 0 Å². The van der Waals surface area contributed by atoms with Crippen LogP contribution in [0.4, 0.5) is 0 Å². The molecule has 0 saturated heterocycles. The van der Waals surface area contributed by atoms with Gasteiger partial charge >= 0.3 is 0 Å². The SMILES string of the molecule is CCn1nc(C)c(CCC(C)C)c1C. The number of aromatic nitrogens is 2. The fourth-order valence-corrected chi connectivity index (χ4v) is 1.84. The van der Waals surface area contributed by atoms with Gasteiger partial charge in [0.25, 0.3) is 0 Å². The van der Waals surface area contributed by atoms with E-state index in [0.717, 1.165) is 12.5 Å². The molecule has 0 radical (unpaired) electrons. The van der Waals surface area contributed by atoms with E-state index >= 15 is 0 Å². The Morgan fingerprint density at radius 1 is 1.29 bits per heavy atom. The van der Waals surface area contributed by atoms with Crippen LogP contribution >= 0.6 is 0 Å². The topological polar surface area (TPSA) is 17.8 Å². The Balaban J connectivity index is 2.80. The van der Waals surface area contributed by atoms with Gasteiger partial charge in [0, 0.05) is 12.2 Å². The zero-order valence-electron chi connectivity index (χ0n) is 10.1. The molecule has 1 aromatic rings. The van der Waals surface area contributed by atoms with Crippen LogP contribution in [0.3, 0.4) is 0 Å². The number of rotatable bonds is 4. The lowest BCUT2D eigenvalue weighted by molar-refractivity contribution is 0.583. The summed E-state index contributed by atoms with van der Waals surface area (Å²) < 4.78 is 2.10. The maximum Gasteiger partial charge on any atom is 0.0628 e. The summed E-state index contributed by atoms with van der Waals surface area (Å²) >= 11 is 0. The van der Waals surface area contributed by atoms with E-state index in [1.165, 1.54) is 29.8 Å². The van der Waals surface area contributed by atoms with Crippen molar-refractivity contribution in [2.45, 2.75) is 54.0 Å². The van der Waals surface area contributed by atoms with Crippen LogP contribution in [0.5, 0.6) is 0 Å². The molecule has 0 unspecified atom stereocenters. The monoisotopic (exact) mass is 194 g/mol. The van der Waals surface area contributed by atoms with E-state index in [2.05, 4.69) is 44.4 Å². The standard InChI is InChI=1S/C12H22N2/c1-6-14-11(5)12(10(4)13-14)8-7-9(2)3/h9H,6-8H2,1-5H3. The summed E-state index contributed by atoms with van der Waals surface area (Å²) in [5.41, 5.74) is 4.02. The second kappa shape index (κ2) is 4.63. The highest BCUT2D eigenvalue weighted by molar-refractivity contribution is 5.24. The van der Waals surface area contributed by atoms with Crippen molar-refractivity contribution < 1.29 is 0 Å². The first-order valence-corrected chi connectivity index (χ1v) is 5.59. The Morgan fingerprint density at radius 3 is 2.36 bits per heavy atom. The summed E-state index contributed by atoms with van der Waals surface area (Å²) in [6, 6.07) is 0. The summed E-state index contributed by atoms with van der Waals surface area (Å²) in [5, 5.41) is 4.52. The molecule has 0 fully saturated rings. The molecule has 0 N–H and O–H groups in total. The average molecular weight is 194 g/mol. The molecule has 0 aromatic carbocycles. The summed E-state index contributed by atoms with van der Waals surface area (Å²) in [4.78, 5) is 0. The van der Waals surface area contributed by atoms with Crippen LogP contribution < -0.4 is 0 Å². The maximum atomic E-state index is 4.52. The molecule has 80 valence electrons. The minimum absolute atomic E-state index is 0.777. The molecule has 0 aliphatic rings. The van der Waals surface area contributed by atoms with Crippen LogP contribution in [0.2, 0.25) is 0 Å². The Morgan fingerprint density at radius 2 is 1.93 bits per heavy atom. The first kappa shape index (κ1) is 11.3. The summed E-state index contributed by atoms with van der Waals surface area (Å²) in [6.45, 7) is 12.0. The molecule has 2 heteroatoms. The zero-order chi connectivity index (χ0) is 10.7. The molecule has 0 aliphatic heterocycles. The van der Waals surface area contributed by atoms with Gasteiger partial charge in [0.2, 0.25) is 0 Å². The van der Waals surface area contributed by atoms with Gasteiger partial charge in [-0.25, -0.2) is 0 Å². The van der Waals surface area contributed by atoms with Crippen molar-refractivity contribution in [3.05, 3.63) is 17.0 Å². The molecule has 0 atom stereocenters. The lowest BCUT2D eigenvalue weighted by Gasteiger charge is -2.05. The number of aryl methyl sites for hydroxylation is 2. The fourth-order valence-electron chi connectivity index (χ4n) is 1.84. The minimum Gasteiger partial charge on any atom is -0.270 e. The third kappa shape index (κ3) is 2.37. The molecule has 0 aliphatic carbocycles. The Kier molecular flexibility index (Phi) is 3.73. The average Bonchev–Trinajstić information content (AvgIpc) is 2.39. The predicted octanol–water partition coefficient (Wildman–Crippen LogP) is 3.11. The summed E-state index contributed by atoms with van der Waals surface area (Å²) in [6.07, 6.45) is 2.44. The number of hydrogen-bond acceptors (Lipinski definition) is 1. The van der Waals surface area contributed by atoms with Crippen LogP contribution in [0.15, 0.2) is 0 Å². The van der Waals surface area contributed by atoms with Gasteiger partial charge in [-0.15, -0.1) is 0 Å². The van der Waals surface area contributed by atoms with Crippen molar-refractivity contribution in [2.75, 3.05) is 0 Å². The molecule has 0 bridgehead atoms. The van der Waals surface area contributed by atoms with Gasteiger partial charge < -0.3 is 0 Å². The maximum absolute atomic E-state index is 4.52. The highest BCUT2D eigenvalue weighted by Crippen LogP contribution is 2.17. The van der Waals surface area contributed by atoms with E-state index in [4.69, 9.17) is 0 Å². The van der Waals surface area contributed by atoms with Crippen LogP contribution in [0.25, 0.3) is 0 Å². The van der Waals surface area contributed by atoms with E-state index in [-0.39, 0.29) is 0 Å². The van der Waals surface area contributed by atoms with Gasteiger partial charge in [0.15, 0.2) is 0 Å². The predicted molar refractivity (Wildman–Crippen MR) is 60.5 cm³/mol. The fraction of sp³-hybridized carbons (Fsp3) is 0.750. The third-order valence-electron chi connectivity index (χ3n) is 2.80. The van der Waals surface area contributed by atoms with Gasteiger partial charge in [0.05, 0.1) is 5.69 Å². The van der Waals surface area contributed by atoms with Gasteiger partial charge in [-0.1, -0.05) is 13.8 Å². The van der Waals surface area contributed by atoms with Crippen LogP contribution in [0, 0.1) is 19.8 Å². The highest BCUT2D eigenvalue weighted by Gasteiger charge is 2.10. The van der Waals surface area contributed by atoms with Crippen molar-refractivity contribution >= 4 is 0 Å². The molecule has 0 saturated carbocycles. The van der Waals surface area contributed by atoms with E-state index in [1.807, 2.05) is 0 Å². The van der Waals surface area contributed by atoms with Crippen LogP contribution in [-0.2, 0) is 13.0 Å². The molecule has 1 heterocycles. The molecule has 14 heavy (non-hydrogen) atoms. The zero-order valence-corrected chi connectivity index (χ0v) is 10.1. The molecule has 2 nitrogen and oxygen atoms in total. The van der Waals surface area contributed by atoms with Crippen molar-refractivity contribution in [1.82, 2.24) is 9.78 Å². The molecule has 0 amide bonds.